The van der Waals surface area contributed by atoms with Crippen LogP contribution in [0.3, 0.4) is 0 Å². The summed E-state index contributed by atoms with van der Waals surface area (Å²) in [5.74, 6) is 0. The molecule has 0 aliphatic carbocycles. The summed E-state index contributed by atoms with van der Waals surface area (Å²) in [6.45, 7) is 5.63. The van der Waals surface area contributed by atoms with Crippen LogP contribution in [0, 0.1) is 6.92 Å². The molecule has 0 unspecified atom stereocenters. The van der Waals surface area contributed by atoms with E-state index in [2.05, 4.69) is 16.8 Å². The Hall–Kier alpha value is -3.84. The summed E-state index contributed by atoms with van der Waals surface area (Å²) in [5.41, 5.74) is 2.58. The molecule has 0 atom stereocenters. The van der Waals surface area contributed by atoms with Gasteiger partial charge in [0, 0.05) is 5.69 Å². The predicted molar refractivity (Wildman–Crippen MR) is 112 cm³/mol. The van der Waals surface area contributed by atoms with Gasteiger partial charge in [0.15, 0.2) is 0 Å². The van der Waals surface area contributed by atoms with Crippen LogP contribution in [0.15, 0.2) is 64.2 Å². The van der Waals surface area contributed by atoms with Gasteiger partial charge < -0.3 is 5.11 Å². The predicted octanol–water partition coefficient (Wildman–Crippen LogP) is 0.684. The molecule has 2 aromatic heterocycles. The normalized spacial score (nSPS) is 11.9. The Bertz CT molecular complexity index is 1390. The van der Waals surface area contributed by atoms with Crippen LogP contribution < -0.4 is 21.7 Å². The van der Waals surface area contributed by atoms with Crippen molar-refractivity contribution in [3.05, 3.63) is 103 Å². The third-order valence-corrected chi connectivity index (χ3v) is 4.80. The molecule has 0 amide bonds. The lowest BCUT2D eigenvalue weighted by atomic mass is 10.2. The number of hydrogen-bond acceptors (Lipinski definition) is 3. The van der Waals surface area contributed by atoms with Gasteiger partial charge in [-0.2, -0.15) is 0 Å². The second-order valence-electron chi connectivity index (χ2n) is 6.74. The molecule has 2 heterocycles. The standard InChI is InChI=1S/C22H20N4O3/c1-14-19(21(28)25(23-14)17-6-4-3-5-7-17)12-20-15(2)24-26(22(20)29)18-10-8-16(13-27)9-11-18/h3-12,23-24,27H,2,13H2,1H3. The fraction of sp³-hybridized carbons (Fsp3) is 0.0909. The Kier molecular flexibility index (Phi) is 4.66. The molecule has 4 aromatic rings. The Labute approximate surface area is 165 Å². The quantitative estimate of drug-likeness (QED) is 0.480. The van der Waals surface area contributed by atoms with Crippen LogP contribution in [-0.4, -0.2) is 24.7 Å². The summed E-state index contributed by atoms with van der Waals surface area (Å²) in [6.07, 6.45) is 1.56. The van der Waals surface area contributed by atoms with E-state index in [1.165, 1.54) is 9.36 Å². The number of H-pyrrole nitrogens is 2. The second kappa shape index (κ2) is 7.29. The molecule has 0 bridgehead atoms. The number of aliphatic hydroxyl groups is 1. The van der Waals surface area contributed by atoms with E-state index in [0.717, 1.165) is 5.56 Å². The third kappa shape index (κ3) is 3.28. The molecule has 2 aromatic carbocycles. The largest absolute Gasteiger partial charge is 0.392 e. The molecule has 0 spiro atoms. The topological polar surface area (TPSA) is 95.8 Å². The number of nitrogens with one attached hydrogen (secondary N) is 2. The van der Waals surface area contributed by atoms with E-state index in [1.54, 1.807) is 37.3 Å². The van der Waals surface area contributed by atoms with Crippen LogP contribution in [0.4, 0.5) is 0 Å². The molecule has 7 heteroatoms. The Balaban J connectivity index is 1.85. The molecule has 3 N–H and O–H groups in total. The number of hydrogen-bond donors (Lipinski definition) is 3. The summed E-state index contributed by atoms with van der Waals surface area (Å²) in [5, 5.41) is 15.9. The molecular weight excluding hydrogens is 368 g/mol. The molecule has 0 saturated heterocycles. The van der Waals surface area contributed by atoms with E-state index in [1.807, 2.05) is 30.3 Å². The van der Waals surface area contributed by atoms with Gasteiger partial charge in [0.2, 0.25) is 0 Å². The number of rotatable bonds is 4. The van der Waals surface area contributed by atoms with Crippen LogP contribution >= 0.6 is 0 Å². The summed E-state index contributed by atoms with van der Waals surface area (Å²) < 4.78 is 2.82. The smallest absolute Gasteiger partial charge is 0.279 e. The monoisotopic (exact) mass is 388 g/mol. The van der Waals surface area contributed by atoms with E-state index in [0.29, 0.717) is 33.2 Å². The summed E-state index contributed by atoms with van der Waals surface area (Å²) in [4.78, 5) is 25.8. The van der Waals surface area contributed by atoms with Gasteiger partial charge in [0.25, 0.3) is 11.1 Å². The number of aromatic amines is 2. The molecule has 4 rings (SSSR count). The molecule has 7 nitrogen and oxygen atoms in total. The highest BCUT2D eigenvalue weighted by molar-refractivity contribution is 5.52. The summed E-state index contributed by atoms with van der Waals surface area (Å²) >= 11 is 0. The second-order valence-corrected chi connectivity index (χ2v) is 6.74. The fourth-order valence-electron chi connectivity index (χ4n) is 3.21. The summed E-state index contributed by atoms with van der Waals surface area (Å²) in [7, 11) is 0. The molecule has 0 aliphatic heterocycles. The fourth-order valence-corrected chi connectivity index (χ4v) is 3.21. The van der Waals surface area contributed by atoms with Crippen molar-refractivity contribution in [2.24, 2.45) is 0 Å². The maximum absolute atomic E-state index is 12.9. The lowest BCUT2D eigenvalue weighted by molar-refractivity contribution is 0.282. The molecule has 0 saturated carbocycles. The zero-order chi connectivity index (χ0) is 20.5. The maximum atomic E-state index is 12.9. The van der Waals surface area contributed by atoms with Crippen LogP contribution in [0.25, 0.3) is 24.0 Å². The van der Waals surface area contributed by atoms with Gasteiger partial charge in [-0.05, 0) is 42.8 Å². The Morgan fingerprint density at radius 1 is 0.931 bits per heavy atom. The van der Waals surface area contributed by atoms with Gasteiger partial charge in [-0.25, -0.2) is 9.36 Å². The third-order valence-electron chi connectivity index (χ3n) is 4.80. The number of para-hydroxylation sites is 1. The van der Waals surface area contributed by atoms with Gasteiger partial charge in [0.1, 0.15) is 0 Å². The minimum atomic E-state index is -0.307. The van der Waals surface area contributed by atoms with Gasteiger partial charge in [-0.1, -0.05) is 36.9 Å². The zero-order valence-electron chi connectivity index (χ0n) is 15.8. The minimum Gasteiger partial charge on any atom is -0.392 e. The lowest BCUT2D eigenvalue weighted by Crippen LogP contribution is -2.34. The van der Waals surface area contributed by atoms with Crippen LogP contribution in [0.2, 0.25) is 0 Å². The summed E-state index contributed by atoms with van der Waals surface area (Å²) in [6, 6.07) is 16.2. The van der Waals surface area contributed by atoms with E-state index in [4.69, 9.17) is 0 Å². The van der Waals surface area contributed by atoms with E-state index < -0.39 is 0 Å². The van der Waals surface area contributed by atoms with E-state index in [9.17, 15) is 14.7 Å². The van der Waals surface area contributed by atoms with Crippen LogP contribution in [0.5, 0.6) is 0 Å². The molecule has 0 aliphatic rings. The minimum absolute atomic E-state index is 0.0695. The van der Waals surface area contributed by atoms with Gasteiger partial charge in [-0.15, -0.1) is 0 Å². The Morgan fingerprint density at radius 2 is 1.55 bits per heavy atom. The molecule has 146 valence electrons. The van der Waals surface area contributed by atoms with Crippen molar-refractivity contribution < 1.29 is 5.11 Å². The van der Waals surface area contributed by atoms with Crippen LogP contribution in [0.1, 0.15) is 16.8 Å². The van der Waals surface area contributed by atoms with Gasteiger partial charge >= 0.3 is 0 Å². The van der Waals surface area contributed by atoms with Crippen LogP contribution in [-0.2, 0) is 6.61 Å². The SMILES string of the molecule is C=c1[nH]n(-c2ccc(CO)cc2)c(=O)c1=Cc1c(C)[nH]n(-c2ccccc2)c1=O. The molecule has 29 heavy (non-hydrogen) atoms. The van der Waals surface area contributed by atoms with Crippen molar-refractivity contribution in [2.75, 3.05) is 0 Å². The average Bonchev–Trinajstić information content (AvgIpc) is 3.19. The maximum Gasteiger partial charge on any atom is 0.279 e. The lowest BCUT2D eigenvalue weighted by Gasteiger charge is -2.02. The highest BCUT2D eigenvalue weighted by Crippen LogP contribution is 2.08. The van der Waals surface area contributed by atoms with Crippen molar-refractivity contribution >= 4 is 12.7 Å². The molecular formula is C22H20N4O3. The zero-order valence-corrected chi connectivity index (χ0v) is 15.8. The van der Waals surface area contributed by atoms with Gasteiger partial charge in [-0.3, -0.25) is 19.8 Å². The van der Waals surface area contributed by atoms with E-state index in [-0.39, 0.29) is 17.7 Å². The number of aryl methyl sites for hydroxylation is 1. The number of nitrogens with zero attached hydrogens (tertiary/aromatic N) is 2. The van der Waals surface area contributed by atoms with Crippen molar-refractivity contribution in [2.45, 2.75) is 13.5 Å². The van der Waals surface area contributed by atoms with Crippen molar-refractivity contribution in [1.29, 1.82) is 0 Å². The first-order valence-corrected chi connectivity index (χ1v) is 9.08. The Morgan fingerprint density at radius 3 is 2.21 bits per heavy atom. The van der Waals surface area contributed by atoms with Crippen molar-refractivity contribution in [3.8, 4) is 11.4 Å². The highest BCUT2D eigenvalue weighted by atomic mass is 16.3. The number of benzene rings is 2. The first-order chi connectivity index (χ1) is 14.0. The van der Waals surface area contributed by atoms with E-state index >= 15 is 0 Å². The molecule has 0 fully saturated rings. The first-order valence-electron chi connectivity index (χ1n) is 9.08. The number of aromatic nitrogens is 4. The molecule has 0 radical (unpaired) electrons. The first kappa shape index (κ1) is 18.5. The van der Waals surface area contributed by atoms with Crippen molar-refractivity contribution in [3.63, 3.8) is 0 Å². The number of aliphatic hydroxyl groups excluding tert-OH is 1. The van der Waals surface area contributed by atoms with Crippen molar-refractivity contribution in [1.82, 2.24) is 19.6 Å². The highest BCUT2D eigenvalue weighted by Gasteiger charge is 2.12. The van der Waals surface area contributed by atoms with Gasteiger partial charge in [0.05, 0.1) is 34.1 Å². The average molecular weight is 388 g/mol.